The minimum Gasteiger partial charge on any atom is -0.466 e. The first kappa shape index (κ1) is 13.6. The van der Waals surface area contributed by atoms with Crippen molar-refractivity contribution < 1.29 is 29.0 Å². The number of morpholine rings is 1. The third-order valence-electron chi connectivity index (χ3n) is 2.15. The summed E-state index contributed by atoms with van der Waals surface area (Å²) >= 11 is 0. The molecule has 7 heteroatoms. The number of imide groups is 1. The average Bonchev–Trinajstić information content (AvgIpc) is 2.24. The van der Waals surface area contributed by atoms with E-state index in [-0.39, 0.29) is 32.8 Å². The van der Waals surface area contributed by atoms with E-state index in [9.17, 15) is 19.5 Å². The van der Waals surface area contributed by atoms with Crippen LogP contribution in [-0.4, -0.2) is 60.3 Å². The van der Waals surface area contributed by atoms with Crippen LogP contribution in [0.5, 0.6) is 0 Å². The summed E-state index contributed by atoms with van der Waals surface area (Å²) in [6.45, 7) is 1.30. The van der Waals surface area contributed by atoms with Gasteiger partial charge in [0, 0.05) is 0 Å². The van der Waals surface area contributed by atoms with E-state index in [1.165, 1.54) is 0 Å². The van der Waals surface area contributed by atoms with E-state index in [1.54, 1.807) is 6.92 Å². The zero-order valence-electron chi connectivity index (χ0n) is 9.55. The fourth-order valence-electron chi connectivity index (χ4n) is 1.41. The van der Waals surface area contributed by atoms with Crippen molar-refractivity contribution in [3.8, 4) is 0 Å². The van der Waals surface area contributed by atoms with Crippen LogP contribution < -0.4 is 0 Å². The van der Waals surface area contributed by atoms with Crippen molar-refractivity contribution in [2.75, 3.05) is 26.4 Å². The minimum atomic E-state index is -1.11. The van der Waals surface area contributed by atoms with Gasteiger partial charge in [0.2, 0.25) is 0 Å². The lowest BCUT2D eigenvalue weighted by Gasteiger charge is -2.26. The number of carbonyl (C=O) groups excluding carboxylic acids is 3. The number of β-amino-alcohol motifs (C(OH)–C–C–N with tert-alkyl or cyclic N) is 1. The Bertz CT molecular complexity index is 300. The molecule has 1 fully saturated rings. The molecule has 1 rings (SSSR count). The molecule has 0 aromatic carbocycles. The van der Waals surface area contributed by atoms with Crippen molar-refractivity contribution in [3.05, 3.63) is 0 Å². The van der Waals surface area contributed by atoms with Crippen molar-refractivity contribution >= 4 is 17.8 Å². The number of carbonyl (C=O) groups is 3. The van der Waals surface area contributed by atoms with Crippen molar-refractivity contribution in [1.29, 1.82) is 0 Å². The molecule has 0 radical (unpaired) electrons. The molecule has 1 atom stereocenters. The molecule has 0 spiro atoms. The first-order valence-corrected chi connectivity index (χ1v) is 5.29. The monoisotopic (exact) mass is 245 g/mol. The molecule has 0 aliphatic carbocycles. The van der Waals surface area contributed by atoms with Gasteiger partial charge >= 0.3 is 5.97 Å². The van der Waals surface area contributed by atoms with Gasteiger partial charge < -0.3 is 14.6 Å². The van der Waals surface area contributed by atoms with Crippen LogP contribution in [0.2, 0.25) is 0 Å². The molecule has 1 N–H and O–H groups in total. The molecule has 7 nitrogen and oxygen atoms in total. The van der Waals surface area contributed by atoms with Crippen LogP contribution in [0.25, 0.3) is 0 Å². The Morgan fingerprint density at radius 1 is 1.47 bits per heavy atom. The third kappa shape index (κ3) is 4.12. The van der Waals surface area contributed by atoms with Gasteiger partial charge in [-0.2, -0.15) is 0 Å². The van der Waals surface area contributed by atoms with E-state index in [1.807, 2.05) is 0 Å². The van der Waals surface area contributed by atoms with Gasteiger partial charge in [0.1, 0.15) is 13.2 Å². The highest BCUT2D eigenvalue weighted by Gasteiger charge is 2.29. The molecular weight excluding hydrogens is 230 g/mol. The third-order valence-corrected chi connectivity index (χ3v) is 2.15. The van der Waals surface area contributed by atoms with E-state index in [0.29, 0.717) is 0 Å². The summed E-state index contributed by atoms with van der Waals surface area (Å²) in [4.78, 5) is 34.6. The average molecular weight is 245 g/mol. The molecule has 1 saturated heterocycles. The van der Waals surface area contributed by atoms with Crippen LogP contribution >= 0.6 is 0 Å². The molecule has 0 aromatic heterocycles. The van der Waals surface area contributed by atoms with E-state index >= 15 is 0 Å². The number of hydrogen-bond acceptors (Lipinski definition) is 6. The highest BCUT2D eigenvalue weighted by atomic mass is 16.5. The van der Waals surface area contributed by atoms with E-state index in [0.717, 1.165) is 4.90 Å². The molecule has 0 bridgehead atoms. The molecule has 1 heterocycles. The molecule has 1 unspecified atom stereocenters. The smallest absolute Gasteiger partial charge is 0.308 e. The summed E-state index contributed by atoms with van der Waals surface area (Å²) in [5, 5.41) is 9.55. The number of amides is 2. The molecule has 1 aliphatic rings. The van der Waals surface area contributed by atoms with Crippen LogP contribution in [0, 0.1) is 0 Å². The van der Waals surface area contributed by atoms with Crippen molar-refractivity contribution in [1.82, 2.24) is 4.90 Å². The Balaban J connectivity index is 2.43. The second kappa shape index (κ2) is 6.31. The molecule has 17 heavy (non-hydrogen) atoms. The summed E-state index contributed by atoms with van der Waals surface area (Å²) in [5.74, 6) is -1.58. The number of esters is 1. The normalized spacial score (nSPS) is 18.1. The lowest BCUT2D eigenvalue weighted by atomic mass is 10.2. The lowest BCUT2D eigenvalue weighted by Crippen LogP contribution is -2.49. The second-order valence-electron chi connectivity index (χ2n) is 3.55. The molecule has 2 amide bonds. The van der Waals surface area contributed by atoms with E-state index in [4.69, 9.17) is 4.74 Å². The van der Waals surface area contributed by atoms with Crippen LogP contribution in [0.4, 0.5) is 0 Å². The fourth-order valence-corrected chi connectivity index (χ4v) is 1.41. The van der Waals surface area contributed by atoms with Crippen LogP contribution in [0.3, 0.4) is 0 Å². The quantitative estimate of drug-likeness (QED) is 0.477. The van der Waals surface area contributed by atoms with E-state index in [2.05, 4.69) is 4.74 Å². The number of nitrogens with zero attached hydrogens (tertiary/aromatic N) is 1. The Morgan fingerprint density at radius 3 is 2.59 bits per heavy atom. The van der Waals surface area contributed by atoms with E-state index < -0.39 is 23.9 Å². The summed E-state index contributed by atoms with van der Waals surface area (Å²) < 4.78 is 9.35. The Labute approximate surface area is 98.3 Å². The molecule has 0 saturated carbocycles. The number of aliphatic hydroxyl groups excluding tert-OH is 1. The van der Waals surface area contributed by atoms with Crippen LogP contribution in [-0.2, 0) is 23.9 Å². The standard InChI is InChI=1S/C10H15NO6/c1-2-17-10(15)3-7(12)4-11-8(13)5-16-6-9(11)14/h7,12H,2-6H2,1H3. The van der Waals surface area contributed by atoms with Gasteiger partial charge in [0.15, 0.2) is 0 Å². The molecule has 0 aromatic rings. The molecule has 96 valence electrons. The van der Waals surface area contributed by atoms with Crippen LogP contribution in [0.1, 0.15) is 13.3 Å². The number of rotatable bonds is 5. The second-order valence-corrected chi connectivity index (χ2v) is 3.55. The van der Waals surface area contributed by atoms with Gasteiger partial charge in [-0.3, -0.25) is 19.3 Å². The van der Waals surface area contributed by atoms with Crippen molar-refractivity contribution in [3.63, 3.8) is 0 Å². The zero-order chi connectivity index (χ0) is 12.8. The Morgan fingerprint density at radius 2 is 2.06 bits per heavy atom. The largest absolute Gasteiger partial charge is 0.466 e. The summed E-state index contributed by atoms with van der Waals surface area (Å²) in [6, 6.07) is 0. The first-order valence-electron chi connectivity index (χ1n) is 5.29. The zero-order valence-corrected chi connectivity index (χ0v) is 9.55. The summed E-state index contributed by atoms with van der Waals surface area (Å²) in [5.41, 5.74) is 0. The van der Waals surface area contributed by atoms with Crippen molar-refractivity contribution in [2.24, 2.45) is 0 Å². The minimum absolute atomic E-state index is 0.183. The highest BCUT2D eigenvalue weighted by molar-refractivity contribution is 5.98. The maximum atomic E-state index is 11.3. The van der Waals surface area contributed by atoms with Gasteiger partial charge in [-0.1, -0.05) is 0 Å². The van der Waals surface area contributed by atoms with Gasteiger partial charge in [-0.15, -0.1) is 0 Å². The summed E-state index contributed by atoms with van der Waals surface area (Å²) in [6.07, 6.45) is -1.36. The number of hydrogen-bond donors (Lipinski definition) is 1. The van der Waals surface area contributed by atoms with Gasteiger partial charge in [0.05, 0.1) is 25.7 Å². The van der Waals surface area contributed by atoms with Crippen molar-refractivity contribution in [2.45, 2.75) is 19.4 Å². The lowest BCUT2D eigenvalue weighted by molar-refractivity contribution is -0.161. The topological polar surface area (TPSA) is 93.1 Å². The molecule has 1 aliphatic heterocycles. The predicted molar refractivity (Wildman–Crippen MR) is 54.8 cm³/mol. The van der Waals surface area contributed by atoms with Gasteiger partial charge in [-0.05, 0) is 6.92 Å². The van der Waals surface area contributed by atoms with Gasteiger partial charge in [-0.25, -0.2) is 0 Å². The first-order chi connectivity index (χ1) is 8.04. The number of ether oxygens (including phenoxy) is 2. The fraction of sp³-hybridized carbons (Fsp3) is 0.700. The highest BCUT2D eigenvalue weighted by Crippen LogP contribution is 2.05. The van der Waals surface area contributed by atoms with Crippen LogP contribution in [0.15, 0.2) is 0 Å². The predicted octanol–water partition coefficient (Wildman–Crippen LogP) is -1.31. The Kier molecular flexibility index (Phi) is 5.05. The SMILES string of the molecule is CCOC(=O)CC(O)CN1C(=O)COCC1=O. The number of aliphatic hydroxyl groups is 1. The van der Waals surface area contributed by atoms with Gasteiger partial charge in [0.25, 0.3) is 11.8 Å². The Hall–Kier alpha value is -1.47. The maximum Gasteiger partial charge on any atom is 0.308 e. The maximum absolute atomic E-state index is 11.3. The summed E-state index contributed by atoms with van der Waals surface area (Å²) in [7, 11) is 0. The molecular formula is C10H15NO6.